The van der Waals surface area contributed by atoms with Gasteiger partial charge in [0.05, 0.1) is 29.7 Å². The number of carbonyl (C=O) groups is 3. The normalized spacial score (nSPS) is 23.4. The van der Waals surface area contributed by atoms with E-state index >= 15 is 0 Å². The van der Waals surface area contributed by atoms with Crippen LogP contribution in [0.5, 0.6) is 0 Å². The fraction of sp³-hybridized carbons (Fsp3) is 0.333. The van der Waals surface area contributed by atoms with Crippen molar-refractivity contribution in [2.75, 3.05) is 25.2 Å². The number of rotatable bonds is 5. The number of hydrogen-bond acceptors (Lipinski definition) is 8. The third-order valence-electron chi connectivity index (χ3n) is 4.20. The third kappa shape index (κ3) is 4.75. The minimum atomic E-state index is -0.576. The molecule has 0 saturated carbocycles. The quantitative estimate of drug-likeness (QED) is 0.403. The molecule has 0 aromatic heterocycles. The van der Waals surface area contributed by atoms with E-state index in [2.05, 4.69) is 10.1 Å². The van der Waals surface area contributed by atoms with E-state index in [4.69, 9.17) is 12.2 Å². The maximum Gasteiger partial charge on any atom is 0.337 e. The highest BCUT2D eigenvalue weighted by Gasteiger charge is 2.34. The predicted molar refractivity (Wildman–Crippen MR) is 113 cm³/mol. The van der Waals surface area contributed by atoms with Crippen LogP contribution < -0.4 is 5.32 Å². The van der Waals surface area contributed by atoms with Gasteiger partial charge < -0.3 is 15.2 Å². The van der Waals surface area contributed by atoms with Gasteiger partial charge in [-0.2, -0.15) is 11.8 Å². The van der Waals surface area contributed by atoms with Crippen LogP contribution in [0.15, 0.2) is 29.2 Å². The van der Waals surface area contributed by atoms with Crippen molar-refractivity contribution in [1.29, 1.82) is 0 Å². The molecule has 2 amide bonds. The second-order valence-corrected chi connectivity index (χ2v) is 8.91. The number of esters is 1. The Balaban J connectivity index is 1.64. The summed E-state index contributed by atoms with van der Waals surface area (Å²) in [6, 6.07) is 6.31. The number of carbonyl (C=O) groups excluding carboxylic acids is 3. The van der Waals surface area contributed by atoms with Crippen LogP contribution in [0.25, 0.3) is 6.08 Å². The SMILES string of the molecule is COC(=O)c1ccc(C=C2SC(=S)N(CC(=O)NC3CSCC3O)C2=O)cc1. The number of ether oxygens (including phenoxy) is 1. The molecule has 2 aliphatic heterocycles. The smallest absolute Gasteiger partial charge is 0.337 e. The van der Waals surface area contributed by atoms with Crippen molar-refractivity contribution in [3.63, 3.8) is 0 Å². The van der Waals surface area contributed by atoms with Crippen molar-refractivity contribution < 1.29 is 24.2 Å². The zero-order chi connectivity index (χ0) is 20.3. The first-order chi connectivity index (χ1) is 13.4. The van der Waals surface area contributed by atoms with Gasteiger partial charge in [-0.05, 0) is 23.8 Å². The molecule has 1 aromatic carbocycles. The summed E-state index contributed by atoms with van der Waals surface area (Å²) in [5.74, 6) is 0.0979. The molecule has 7 nitrogen and oxygen atoms in total. The molecular weight excluding hydrogens is 420 g/mol. The Labute approximate surface area is 175 Å². The highest BCUT2D eigenvalue weighted by molar-refractivity contribution is 8.26. The van der Waals surface area contributed by atoms with Crippen molar-refractivity contribution in [3.8, 4) is 0 Å². The summed E-state index contributed by atoms with van der Waals surface area (Å²) in [4.78, 5) is 38.0. The Morgan fingerprint density at radius 1 is 1.36 bits per heavy atom. The lowest BCUT2D eigenvalue weighted by Crippen LogP contribution is -2.47. The van der Waals surface area contributed by atoms with E-state index in [1.54, 1.807) is 42.1 Å². The fourth-order valence-electron chi connectivity index (χ4n) is 2.70. The van der Waals surface area contributed by atoms with Crippen LogP contribution in [0.4, 0.5) is 0 Å². The number of benzene rings is 1. The topological polar surface area (TPSA) is 95.9 Å². The van der Waals surface area contributed by atoms with Gasteiger partial charge in [0.2, 0.25) is 5.91 Å². The van der Waals surface area contributed by atoms with Crippen LogP contribution >= 0.6 is 35.7 Å². The van der Waals surface area contributed by atoms with E-state index in [0.29, 0.717) is 26.3 Å². The van der Waals surface area contributed by atoms with E-state index in [1.165, 1.54) is 12.0 Å². The molecule has 0 bridgehead atoms. The van der Waals surface area contributed by atoms with Gasteiger partial charge in [0, 0.05) is 11.5 Å². The molecule has 28 heavy (non-hydrogen) atoms. The number of methoxy groups -OCH3 is 1. The molecule has 2 aliphatic rings. The van der Waals surface area contributed by atoms with Crippen LogP contribution in [0, 0.1) is 0 Å². The highest BCUT2D eigenvalue weighted by atomic mass is 32.2. The molecule has 2 fully saturated rings. The van der Waals surface area contributed by atoms with Crippen LogP contribution in [-0.2, 0) is 14.3 Å². The first-order valence-electron chi connectivity index (χ1n) is 8.38. The average Bonchev–Trinajstić information content (AvgIpc) is 3.19. The highest BCUT2D eigenvalue weighted by Crippen LogP contribution is 2.32. The number of aliphatic hydroxyl groups excluding tert-OH is 1. The molecule has 2 heterocycles. The van der Waals surface area contributed by atoms with Gasteiger partial charge in [-0.25, -0.2) is 4.79 Å². The minimum Gasteiger partial charge on any atom is -0.465 e. The van der Waals surface area contributed by atoms with Crippen molar-refractivity contribution >= 4 is 63.9 Å². The number of hydrogen-bond donors (Lipinski definition) is 2. The predicted octanol–water partition coefficient (Wildman–Crippen LogP) is 1.27. The molecule has 2 N–H and O–H groups in total. The second kappa shape index (κ2) is 9.08. The van der Waals surface area contributed by atoms with Gasteiger partial charge >= 0.3 is 5.97 Å². The van der Waals surface area contributed by atoms with Crippen LogP contribution in [0.2, 0.25) is 0 Å². The monoisotopic (exact) mass is 438 g/mol. The van der Waals surface area contributed by atoms with E-state index in [1.807, 2.05) is 0 Å². The molecule has 0 radical (unpaired) electrons. The first kappa shape index (κ1) is 20.8. The van der Waals surface area contributed by atoms with Crippen LogP contribution in [0.3, 0.4) is 0 Å². The number of nitrogens with zero attached hydrogens (tertiary/aromatic N) is 1. The molecule has 2 unspecified atom stereocenters. The molecule has 148 valence electrons. The molecular formula is C18H18N2O5S3. The largest absolute Gasteiger partial charge is 0.465 e. The van der Waals surface area contributed by atoms with Crippen LogP contribution in [0.1, 0.15) is 15.9 Å². The summed E-state index contributed by atoms with van der Waals surface area (Å²) in [6.45, 7) is -0.183. The van der Waals surface area contributed by atoms with E-state index in [-0.39, 0.29) is 24.4 Å². The molecule has 3 rings (SSSR count). The summed E-state index contributed by atoms with van der Waals surface area (Å²) < 4.78 is 4.96. The maximum atomic E-state index is 12.6. The lowest BCUT2D eigenvalue weighted by Gasteiger charge is -2.18. The maximum absolute atomic E-state index is 12.6. The number of thioether (sulfide) groups is 2. The summed E-state index contributed by atoms with van der Waals surface area (Å²) in [5.41, 5.74) is 1.14. The number of aliphatic hydroxyl groups is 1. The molecule has 10 heteroatoms. The van der Waals surface area contributed by atoms with E-state index in [0.717, 1.165) is 17.3 Å². The summed E-state index contributed by atoms with van der Waals surface area (Å²) >= 11 is 7.93. The van der Waals surface area contributed by atoms with Crippen molar-refractivity contribution in [1.82, 2.24) is 10.2 Å². The van der Waals surface area contributed by atoms with E-state index in [9.17, 15) is 19.5 Å². The summed E-state index contributed by atoms with van der Waals surface area (Å²) in [5, 5.41) is 12.5. The molecule has 0 spiro atoms. The summed E-state index contributed by atoms with van der Waals surface area (Å²) in [6.07, 6.45) is 1.09. The lowest BCUT2D eigenvalue weighted by molar-refractivity contribution is -0.129. The fourth-order valence-corrected chi connectivity index (χ4v) is 5.12. The zero-order valence-corrected chi connectivity index (χ0v) is 17.4. The van der Waals surface area contributed by atoms with Gasteiger partial charge in [0.1, 0.15) is 10.9 Å². The van der Waals surface area contributed by atoms with Crippen molar-refractivity contribution in [3.05, 3.63) is 40.3 Å². The lowest BCUT2D eigenvalue weighted by atomic mass is 10.1. The number of nitrogens with one attached hydrogen (secondary N) is 1. The first-order valence-corrected chi connectivity index (χ1v) is 10.8. The van der Waals surface area contributed by atoms with Gasteiger partial charge in [0.25, 0.3) is 5.91 Å². The standard InChI is InChI=1S/C18H18N2O5S3/c1-25-17(24)11-4-2-10(3-5-11)6-14-16(23)20(18(26)28-14)7-15(22)19-12-8-27-9-13(12)21/h2-6,12-13,21H,7-9H2,1H3,(H,19,22). The minimum absolute atomic E-state index is 0.183. The van der Waals surface area contributed by atoms with Gasteiger partial charge in [-0.3, -0.25) is 14.5 Å². The number of thiocarbonyl (C=S) groups is 1. The Hall–Kier alpha value is -1.88. The Morgan fingerprint density at radius 3 is 2.68 bits per heavy atom. The van der Waals surface area contributed by atoms with Crippen LogP contribution in [-0.4, -0.2) is 69.4 Å². The zero-order valence-electron chi connectivity index (χ0n) is 14.9. The Bertz CT molecular complexity index is 840. The number of amides is 2. The molecule has 2 saturated heterocycles. The third-order valence-corrected chi connectivity index (χ3v) is 6.75. The Kier molecular flexibility index (Phi) is 6.76. The Morgan fingerprint density at radius 2 is 2.07 bits per heavy atom. The van der Waals surface area contributed by atoms with Gasteiger partial charge in [-0.1, -0.05) is 36.1 Å². The molecule has 2 atom stereocenters. The molecule has 0 aliphatic carbocycles. The van der Waals surface area contributed by atoms with Gasteiger partial charge in [-0.15, -0.1) is 0 Å². The van der Waals surface area contributed by atoms with Gasteiger partial charge in [0.15, 0.2) is 0 Å². The average molecular weight is 439 g/mol. The van der Waals surface area contributed by atoms with E-state index < -0.39 is 12.1 Å². The van der Waals surface area contributed by atoms with Crippen molar-refractivity contribution in [2.45, 2.75) is 12.1 Å². The van der Waals surface area contributed by atoms with Crippen molar-refractivity contribution in [2.24, 2.45) is 0 Å². The molecule has 1 aromatic rings. The summed E-state index contributed by atoms with van der Waals surface area (Å²) in [7, 11) is 1.31. The second-order valence-electron chi connectivity index (χ2n) is 6.16.